The highest BCUT2D eigenvalue weighted by molar-refractivity contribution is 7.85. The first kappa shape index (κ1) is 20.6. The maximum atomic E-state index is 10.5. The molecule has 1 saturated heterocycles. The molecular weight excluding hydrogens is 376 g/mol. The lowest BCUT2D eigenvalue weighted by Gasteiger charge is -2.45. The number of hydrogen-bond acceptors (Lipinski definition) is 5. The molecule has 6 nitrogen and oxygen atoms in total. The molecule has 0 unspecified atom stereocenters. The Bertz CT molecular complexity index is 821. The van der Waals surface area contributed by atoms with E-state index in [1.54, 1.807) is 24.4 Å². The van der Waals surface area contributed by atoms with Crippen molar-refractivity contribution < 1.29 is 17.7 Å². The molecular formula is C18H23ClN2O4S. The Labute approximate surface area is 159 Å². The number of benzene rings is 1. The number of hydrogen-bond donors (Lipinski definition) is 2. The first-order valence-corrected chi connectivity index (χ1v) is 9.92. The van der Waals surface area contributed by atoms with Gasteiger partial charge in [-0.05, 0) is 36.6 Å². The number of ether oxygens (including phenoxy) is 1. The highest BCUT2D eigenvalue weighted by Gasteiger charge is 2.38. The van der Waals surface area contributed by atoms with Gasteiger partial charge < -0.3 is 10.1 Å². The van der Waals surface area contributed by atoms with E-state index in [9.17, 15) is 8.42 Å². The molecule has 1 aromatic heterocycles. The Morgan fingerprint density at radius 3 is 2.35 bits per heavy atom. The molecule has 0 bridgehead atoms. The zero-order chi connectivity index (χ0) is 19.4. The van der Waals surface area contributed by atoms with Crippen LogP contribution in [0.1, 0.15) is 19.4 Å². The smallest absolute Gasteiger partial charge is 0.294 e. The predicted molar refractivity (Wildman–Crippen MR) is 101 cm³/mol. The SMILES string of the molecule is CC1(C)CN[C@H]1COc1ccc(Cl)nc1.Cc1ccc(S(=O)(=O)O)cc1. The van der Waals surface area contributed by atoms with Crippen LogP contribution in [0, 0.1) is 12.3 Å². The molecule has 8 heteroatoms. The lowest BCUT2D eigenvalue weighted by Crippen LogP contribution is -2.61. The summed E-state index contributed by atoms with van der Waals surface area (Å²) in [6.07, 6.45) is 1.65. The molecule has 0 radical (unpaired) electrons. The Morgan fingerprint density at radius 2 is 1.92 bits per heavy atom. The van der Waals surface area contributed by atoms with E-state index in [-0.39, 0.29) is 4.90 Å². The molecule has 1 aromatic carbocycles. The van der Waals surface area contributed by atoms with Gasteiger partial charge in [-0.2, -0.15) is 8.42 Å². The Balaban J connectivity index is 0.000000197. The molecule has 0 aliphatic carbocycles. The summed E-state index contributed by atoms with van der Waals surface area (Å²) >= 11 is 5.68. The zero-order valence-electron chi connectivity index (χ0n) is 14.9. The summed E-state index contributed by atoms with van der Waals surface area (Å²) in [4.78, 5) is 3.89. The minimum atomic E-state index is -4.02. The molecule has 2 N–H and O–H groups in total. The normalized spacial score (nSPS) is 18.3. The fourth-order valence-corrected chi connectivity index (χ4v) is 2.87. The highest BCUT2D eigenvalue weighted by Crippen LogP contribution is 2.28. The fourth-order valence-electron chi connectivity index (χ4n) is 2.28. The van der Waals surface area contributed by atoms with Gasteiger partial charge in [0.25, 0.3) is 10.1 Å². The van der Waals surface area contributed by atoms with Gasteiger partial charge in [0.2, 0.25) is 0 Å². The van der Waals surface area contributed by atoms with Crippen molar-refractivity contribution in [1.82, 2.24) is 10.3 Å². The minimum Gasteiger partial charge on any atom is -0.490 e. The van der Waals surface area contributed by atoms with Gasteiger partial charge in [-0.1, -0.05) is 43.1 Å². The molecule has 2 aromatic rings. The van der Waals surface area contributed by atoms with E-state index >= 15 is 0 Å². The third-order valence-electron chi connectivity index (χ3n) is 4.18. The van der Waals surface area contributed by atoms with Gasteiger partial charge in [0, 0.05) is 12.6 Å². The van der Waals surface area contributed by atoms with Crippen LogP contribution in [-0.2, 0) is 10.1 Å². The molecule has 1 atom stereocenters. The Hall–Kier alpha value is -1.67. The number of rotatable bonds is 4. The molecule has 0 saturated carbocycles. The van der Waals surface area contributed by atoms with Gasteiger partial charge in [0.1, 0.15) is 17.5 Å². The maximum Gasteiger partial charge on any atom is 0.294 e. The van der Waals surface area contributed by atoms with E-state index in [0.717, 1.165) is 17.9 Å². The quantitative estimate of drug-likeness (QED) is 0.606. The standard InChI is InChI=1S/C11H15ClN2O.C7H8O3S/c1-11(2)7-14-9(11)6-15-8-3-4-10(12)13-5-8;1-6-2-4-7(5-3-6)11(8,9)10/h3-5,9,14H,6-7H2,1-2H3;2-5H,1H3,(H,8,9,10)/t9-;/m0./s1. The monoisotopic (exact) mass is 398 g/mol. The van der Waals surface area contributed by atoms with Crippen LogP contribution in [0.25, 0.3) is 0 Å². The lowest BCUT2D eigenvalue weighted by molar-refractivity contribution is 0.0784. The van der Waals surface area contributed by atoms with Crippen molar-refractivity contribution in [3.05, 3.63) is 53.3 Å². The van der Waals surface area contributed by atoms with Gasteiger partial charge in [0.05, 0.1) is 11.1 Å². The van der Waals surface area contributed by atoms with Crippen LogP contribution in [0.4, 0.5) is 0 Å². The fraction of sp³-hybridized carbons (Fsp3) is 0.389. The second-order valence-electron chi connectivity index (χ2n) is 6.84. The summed E-state index contributed by atoms with van der Waals surface area (Å²) in [5.41, 5.74) is 1.29. The summed E-state index contributed by atoms with van der Waals surface area (Å²) in [5, 5.41) is 3.84. The van der Waals surface area contributed by atoms with Crippen molar-refractivity contribution >= 4 is 21.7 Å². The molecule has 1 aliphatic rings. The van der Waals surface area contributed by atoms with Crippen molar-refractivity contribution in [3.8, 4) is 5.75 Å². The van der Waals surface area contributed by atoms with Crippen LogP contribution in [0.5, 0.6) is 5.75 Å². The summed E-state index contributed by atoms with van der Waals surface area (Å²) in [5.74, 6) is 0.768. The van der Waals surface area contributed by atoms with Crippen molar-refractivity contribution in [2.75, 3.05) is 13.2 Å². The second kappa shape index (κ2) is 8.35. The number of halogens is 1. The molecule has 3 rings (SSSR count). The molecule has 0 spiro atoms. The summed E-state index contributed by atoms with van der Waals surface area (Å²) in [6, 6.07) is 9.98. The molecule has 1 fully saturated rings. The summed E-state index contributed by atoms with van der Waals surface area (Å²) in [6.45, 7) is 8.04. The van der Waals surface area contributed by atoms with Crippen molar-refractivity contribution in [2.24, 2.45) is 5.41 Å². The average molecular weight is 399 g/mol. The first-order chi connectivity index (χ1) is 12.1. The third kappa shape index (κ3) is 5.95. The van der Waals surface area contributed by atoms with Crippen LogP contribution < -0.4 is 10.1 Å². The number of nitrogens with one attached hydrogen (secondary N) is 1. The van der Waals surface area contributed by atoms with E-state index in [0.29, 0.717) is 23.2 Å². The predicted octanol–water partition coefficient (Wildman–Crippen LogP) is 3.35. The topological polar surface area (TPSA) is 88.5 Å². The number of aryl methyl sites for hydroxylation is 1. The number of nitrogens with zero attached hydrogens (tertiary/aromatic N) is 1. The molecule has 2 heterocycles. The van der Waals surface area contributed by atoms with E-state index in [1.807, 2.05) is 13.0 Å². The second-order valence-corrected chi connectivity index (χ2v) is 8.65. The van der Waals surface area contributed by atoms with E-state index < -0.39 is 10.1 Å². The van der Waals surface area contributed by atoms with Gasteiger partial charge in [-0.15, -0.1) is 0 Å². The van der Waals surface area contributed by atoms with Gasteiger partial charge >= 0.3 is 0 Å². The van der Waals surface area contributed by atoms with Crippen LogP contribution in [-0.4, -0.2) is 37.1 Å². The van der Waals surface area contributed by atoms with E-state index in [1.165, 1.54) is 12.1 Å². The summed E-state index contributed by atoms with van der Waals surface area (Å²) < 4.78 is 35.2. The molecule has 0 amide bonds. The maximum absolute atomic E-state index is 10.5. The Morgan fingerprint density at radius 1 is 1.27 bits per heavy atom. The summed E-state index contributed by atoms with van der Waals surface area (Å²) in [7, 11) is -4.02. The average Bonchev–Trinajstić information content (AvgIpc) is 2.56. The van der Waals surface area contributed by atoms with Crippen molar-refractivity contribution in [1.29, 1.82) is 0 Å². The first-order valence-electron chi connectivity index (χ1n) is 8.10. The van der Waals surface area contributed by atoms with Gasteiger partial charge in [-0.3, -0.25) is 4.55 Å². The minimum absolute atomic E-state index is 0.0666. The van der Waals surface area contributed by atoms with Crippen LogP contribution >= 0.6 is 11.6 Å². The van der Waals surface area contributed by atoms with E-state index in [2.05, 4.69) is 24.1 Å². The number of pyridine rings is 1. The van der Waals surface area contributed by atoms with Gasteiger partial charge in [0.15, 0.2) is 0 Å². The zero-order valence-corrected chi connectivity index (χ0v) is 16.5. The highest BCUT2D eigenvalue weighted by atomic mass is 35.5. The van der Waals surface area contributed by atoms with Crippen LogP contribution in [0.15, 0.2) is 47.5 Å². The lowest BCUT2D eigenvalue weighted by atomic mass is 9.78. The molecule has 142 valence electrons. The van der Waals surface area contributed by atoms with Crippen molar-refractivity contribution in [2.45, 2.75) is 31.7 Å². The molecule has 1 aliphatic heterocycles. The van der Waals surface area contributed by atoms with Crippen LogP contribution in [0.2, 0.25) is 5.15 Å². The largest absolute Gasteiger partial charge is 0.490 e. The van der Waals surface area contributed by atoms with E-state index in [4.69, 9.17) is 20.9 Å². The van der Waals surface area contributed by atoms with Crippen molar-refractivity contribution in [3.63, 3.8) is 0 Å². The van der Waals surface area contributed by atoms with Crippen LogP contribution in [0.3, 0.4) is 0 Å². The van der Waals surface area contributed by atoms with Gasteiger partial charge in [-0.25, -0.2) is 4.98 Å². The Kier molecular flexibility index (Phi) is 6.63. The molecule has 26 heavy (non-hydrogen) atoms. The third-order valence-corrected chi connectivity index (χ3v) is 5.27. The number of aromatic nitrogens is 1.